The van der Waals surface area contributed by atoms with Crippen LogP contribution >= 0.6 is 11.8 Å². The molecule has 0 unspecified atom stereocenters. The van der Waals surface area contributed by atoms with Crippen molar-refractivity contribution in [2.24, 2.45) is 0 Å². The van der Waals surface area contributed by atoms with Crippen molar-refractivity contribution in [2.45, 2.75) is 26.3 Å². The molecule has 0 aromatic heterocycles. The SMILES string of the molecule is CSCC[C@@H](NC(=O)c1cc(C)ccc1C)C(=O)O. The lowest BCUT2D eigenvalue weighted by atomic mass is 10.0. The Bertz CT molecular complexity index is 474. The molecule has 0 saturated carbocycles. The zero-order chi connectivity index (χ0) is 14.4. The second-order valence-electron chi connectivity index (χ2n) is 4.46. The van der Waals surface area contributed by atoms with Gasteiger partial charge in [0.2, 0.25) is 0 Å². The molecule has 1 aromatic carbocycles. The number of aryl methyl sites for hydroxylation is 2. The van der Waals surface area contributed by atoms with Crippen molar-refractivity contribution < 1.29 is 14.7 Å². The number of carboxylic acid groups (broad SMARTS) is 1. The lowest BCUT2D eigenvalue weighted by Crippen LogP contribution is -2.41. The van der Waals surface area contributed by atoms with E-state index in [4.69, 9.17) is 5.11 Å². The van der Waals surface area contributed by atoms with Gasteiger partial charge in [-0.25, -0.2) is 4.79 Å². The first kappa shape index (κ1) is 15.6. The summed E-state index contributed by atoms with van der Waals surface area (Å²) in [4.78, 5) is 23.2. The van der Waals surface area contributed by atoms with Gasteiger partial charge in [-0.2, -0.15) is 11.8 Å². The number of thioether (sulfide) groups is 1. The van der Waals surface area contributed by atoms with E-state index in [1.807, 2.05) is 32.2 Å². The van der Waals surface area contributed by atoms with Crippen molar-refractivity contribution in [3.8, 4) is 0 Å². The molecule has 19 heavy (non-hydrogen) atoms. The molecule has 1 atom stereocenters. The number of aliphatic carboxylic acids is 1. The number of hydrogen-bond donors (Lipinski definition) is 2. The van der Waals surface area contributed by atoms with E-state index in [0.717, 1.165) is 11.1 Å². The third-order valence-electron chi connectivity index (χ3n) is 2.85. The molecule has 2 N–H and O–H groups in total. The van der Waals surface area contributed by atoms with Crippen molar-refractivity contribution in [1.29, 1.82) is 0 Å². The van der Waals surface area contributed by atoms with E-state index in [1.54, 1.807) is 17.8 Å². The number of carboxylic acids is 1. The fourth-order valence-electron chi connectivity index (χ4n) is 1.71. The molecular formula is C14H19NO3S. The first-order chi connectivity index (χ1) is 8.95. The molecule has 0 aliphatic rings. The number of amides is 1. The molecule has 0 fully saturated rings. The summed E-state index contributed by atoms with van der Waals surface area (Å²) in [6.07, 6.45) is 2.33. The number of benzene rings is 1. The molecule has 0 aliphatic carbocycles. The molecule has 5 heteroatoms. The van der Waals surface area contributed by atoms with Gasteiger partial charge in [0.1, 0.15) is 6.04 Å². The Balaban J connectivity index is 2.81. The molecule has 0 heterocycles. The van der Waals surface area contributed by atoms with Gasteiger partial charge >= 0.3 is 5.97 Å². The maximum Gasteiger partial charge on any atom is 0.326 e. The third kappa shape index (κ3) is 4.59. The van der Waals surface area contributed by atoms with Crippen LogP contribution in [0, 0.1) is 13.8 Å². The van der Waals surface area contributed by atoms with Gasteiger partial charge in [-0.05, 0) is 43.9 Å². The second-order valence-corrected chi connectivity index (χ2v) is 5.45. The molecule has 0 bridgehead atoms. The minimum Gasteiger partial charge on any atom is -0.480 e. The van der Waals surface area contributed by atoms with Gasteiger partial charge < -0.3 is 10.4 Å². The number of hydrogen-bond acceptors (Lipinski definition) is 3. The summed E-state index contributed by atoms with van der Waals surface area (Å²) >= 11 is 1.56. The monoisotopic (exact) mass is 281 g/mol. The summed E-state index contributed by atoms with van der Waals surface area (Å²) in [6, 6.07) is 4.73. The molecule has 104 valence electrons. The van der Waals surface area contributed by atoms with Gasteiger partial charge in [-0.3, -0.25) is 4.79 Å². The first-order valence-corrected chi connectivity index (χ1v) is 7.45. The maximum atomic E-state index is 12.1. The van der Waals surface area contributed by atoms with Gasteiger partial charge in [0.05, 0.1) is 0 Å². The largest absolute Gasteiger partial charge is 0.480 e. The molecule has 0 spiro atoms. The normalized spacial score (nSPS) is 11.9. The third-order valence-corrected chi connectivity index (χ3v) is 3.50. The average Bonchev–Trinajstić information content (AvgIpc) is 2.36. The predicted molar refractivity (Wildman–Crippen MR) is 77.8 cm³/mol. The van der Waals surface area contributed by atoms with E-state index >= 15 is 0 Å². The van der Waals surface area contributed by atoms with Crippen molar-refractivity contribution in [3.05, 3.63) is 34.9 Å². The molecule has 1 rings (SSSR count). The van der Waals surface area contributed by atoms with E-state index < -0.39 is 12.0 Å². The average molecular weight is 281 g/mol. The molecule has 0 aliphatic heterocycles. The van der Waals surface area contributed by atoms with Crippen molar-refractivity contribution >= 4 is 23.6 Å². The summed E-state index contributed by atoms with van der Waals surface area (Å²) in [5, 5.41) is 11.7. The van der Waals surface area contributed by atoms with Gasteiger partial charge in [0.15, 0.2) is 0 Å². The zero-order valence-electron chi connectivity index (χ0n) is 11.4. The highest BCUT2D eigenvalue weighted by molar-refractivity contribution is 7.98. The van der Waals surface area contributed by atoms with E-state index in [2.05, 4.69) is 5.32 Å². The minimum atomic E-state index is -0.993. The van der Waals surface area contributed by atoms with Crippen LogP contribution in [0.15, 0.2) is 18.2 Å². The fourth-order valence-corrected chi connectivity index (χ4v) is 2.18. The second kappa shape index (κ2) is 7.19. The van der Waals surface area contributed by atoms with Crippen molar-refractivity contribution in [3.63, 3.8) is 0 Å². The van der Waals surface area contributed by atoms with Gasteiger partial charge in [-0.15, -0.1) is 0 Å². The standard InChI is InChI=1S/C14H19NO3S/c1-9-4-5-10(2)11(8-9)13(16)15-12(14(17)18)6-7-19-3/h4-5,8,12H,6-7H2,1-3H3,(H,15,16)(H,17,18)/t12-/m1/s1. The Labute approximate surface area is 117 Å². The minimum absolute atomic E-state index is 0.324. The van der Waals surface area contributed by atoms with Crippen LogP contribution in [0.1, 0.15) is 27.9 Å². The topological polar surface area (TPSA) is 66.4 Å². The van der Waals surface area contributed by atoms with Crippen LogP contribution < -0.4 is 5.32 Å². The van der Waals surface area contributed by atoms with Crippen molar-refractivity contribution in [2.75, 3.05) is 12.0 Å². The van der Waals surface area contributed by atoms with E-state index in [9.17, 15) is 9.59 Å². The maximum absolute atomic E-state index is 12.1. The Kier molecular flexibility index (Phi) is 5.89. The van der Waals surface area contributed by atoms with Crippen LogP contribution in [0.2, 0.25) is 0 Å². The summed E-state index contributed by atoms with van der Waals surface area (Å²) < 4.78 is 0. The highest BCUT2D eigenvalue weighted by Gasteiger charge is 2.20. The van der Waals surface area contributed by atoms with Crippen LogP contribution in [0.5, 0.6) is 0 Å². The van der Waals surface area contributed by atoms with Crippen LogP contribution in [-0.2, 0) is 4.79 Å². The van der Waals surface area contributed by atoms with Gasteiger partial charge in [0.25, 0.3) is 5.91 Å². The Morgan fingerprint density at radius 3 is 2.63 bits per heavy atom. The van der Waals surface area contributed by atoms with E-state index in [0.29, 0.717) is 17.7 Å². The van der Waals surface area contributed by atoms with Crippen LogP contribution in [0.25, 0.3) is 0 Å². The van der Waals surface area contributed by atoms with Crippen LogP contribution in [-0.4, -0.2) is 35.0 Å². The molecule has 1 amide bonds. The lowest BCUT2D eigenvalue weighted by Gasteiger charge is -2.15. The highest BCUT2D eigenvalue weighted by Crippen LogP contribution is 2.11. The molecule has 1 aromatic rings. The number of rotatable bonds is 6. The smallest absolute Gasteiger partial charge is 0.326 e. The molecular weight excluding hydrogens is 262 g/mol. The quantitative estimate of drug-likeness (QED) is 0.839. The van der Waals surface area contributed by atoms with Crippen LogP contribution in [0.4, 0.5) is 0 Å². The molecule has 0 radical (unpaired) electrons. The van der Waals surface area contributed by atoms with Gasteiger partial charge in [0, 0.05) is 5.56 Å². The zero-order valence-corrected chi connectivity index (χ0v) is 12.2. The van der Waals surface area contributed by atoms with Crippen LogP contribution in [0.3, 0.4) is 0 Å². The fraction of sp³-hybridized carbons (Fsp3) is 0.429. The number of carbonyl (C=O) groups excluding carboxylic acids is 1. The first-order valence-electron chi connectivity index (χ1n) is 6.05. The summed E-state index contributed by atoms with van der Waals surface area (Å²) in [6.45, 7) is 3.74. The Morgan fingerprint density at radius 2 is 2.05 bits per heavy atom. The summed E-state index contributed by atoms with van der Waals surface area (Å²) in [7, 11) is 0. The van der Waals surface area contributed by atoms with E-state index in [1.165, 1.54) is 0 Å². The Hall–Kier alpha value is -1.49. The lowest BCUT2D eigenvalue weighted by molar-refractivity contribution is -0.139. The Morgan fingerprint density at radius 1 is 1.37 bits per heavy atom. The number of nitrogens with one attached hydrogen (secondary N) is 1. The summed E-state index contributed by atoms with van der Waals surface area (Å²) in [5.74, 6) is -0.619. The highest BCUT2D eigenvalue weighted by atomic mass is 32.2. The summed E-state index contributed by atoms with van der Waals surface area (Å²) in [5.41, 5.74) is 2.36. The van der Waals surface area contributed by atoms with Gasteiger partial charge in [-0.1, -0.05) is 17.7 Å². The van der Waals surface area contributed by atoms with Crippen molar-refractivity contribution in [1.82, 2.24) is 5.32 Å². The van der Waals surface area contributed by atoms with E-state index in [-0.39, 0.29) is 5.91 Å². The predicted octanol–water partition coefficient (Wildman–Crippen LogP) is 2.24. The number of carbonyl (C=O) groups is 2. The molecule has 4 nitrogen and oxygen atoms in total. The molecule has 0 saturated heterocycles.